The first-order valence-electron chi connectivity index (χ1n) is 6.08. The first-order valence-corrected chi connectivity index (χ1v) is 7.07. The number of nitrogens with one attached hydrogen (secondary N) is 1. The minimum absolute atomic E-state index is 0.0626. The zero-order valence-electron chi connectivity index (χ0n) is 11.5. The Labute approximate surface area is 121 Å². The van der Waals surface area contributed by atoms with Crippen molar-refractivity contribution < 1.29 is 13.6 Å². The normalized spacial score (nSPS) is 13.7. The van der Waals surface area contributed by atoms with E-state index in [1.807, 2.05) is 13.8 Å². The molecule has 1 atom stereocenters. The van der Waals surface area contributed by atoms with Crippen LogP contribution in [-0.2, 0) is 4.79 Å². The van der Waals surface area contributed by atoms with Gasteiger partial charge in [-0.15, -0.1) is 11.8 Å². The van der Waals surface area contributed by atoms with Gasteiger partial charge in [-0.25, -0.2) is 8.78 Å². The quantitative estimate of drug-likeness (QED) is 0.850. The topological polar surface area (TPSA) is 52.9 Å². The van der Waals surface area contributed by atoms with E-state index in [1.54, 1.807) is 6.92 Å². The molecule has 3 nitrogen and oxygen atoms in total. The van der Waals surface area contributed by atoms with E-state index in [2.05, 4.69) is 11.4 Å². The molecule has 1 aromatic rings. The van der Waals surface area contributed by atoms with Crippen LogP contribution in [0.2, 0.25) is 0 Å². The molecule has 0 aliphatic heterocycles. The molecule has 0 aromatic heterocycles. The van der Waals surface area contributed by atoms with E-state index < -0.39 is 23.1 Å². The van der Waals surface area contributed by atoms with Crippen molar-refractivity contribution in [1.82, 2.24) is 5.32 Å². The number of benzene rings is 1. The SMILES string of the molecule is CC(C)C(C)(C#N)NC(=O)CSc1cc(F)ccc1F. The lowest BCUT2D eigenvalue weighted by molar-refractivity contribution is -0.120. The van der Waals surface area contributed by atoms with Gasteiger partial charge in [0.1, 0.15) is 17.2 Å². The monoisotopic (exact) mass is 298 g/mol. The maximum Gasteiger partial charge on any atom is 0.231 e. The Morgan fingerprint density at radius 1 is 1.50 bits per heavy atom. The molecule has 0 aliphatic carbocycles. The number of hydrogen-bond acceptors (Lipinski definition) is 3. The van der Waals surface area contributed by atoms with Gasteiger partial charge >= 0.3 is 0 Å². The zero-order chi connectivity index (χ0) is 15.3. The molecular weight excluding hydrogens is 282 g/mol. The molecule has 0 fully saturated rings. The third-order valence-electron chi connectivity index (χ3n) is 3.04. The van der Waals surface area contributed by atoms with Crippen molar-refractivity contribution in [3.05, 3.63) is 29.8 Å². The van der Waals surface area contributed by atoms with Crippen LogP contribution in [0.1, 0.15) is 20.8 Å². The van der Waals surface area contributed by atoms with Crippen LogP contribution in [0.5, 0.6) is 0 Å². The molecule has 1 N–H and O–H groups in total. The molecule has 1 aromatic carbocycles. The number of carbonyl (C=O) groups is 1. The van der Waals surface area contributed by atoms with Crippen molar-refractivity contribution in [2.45, 2.75) is 31.2 Å². The Morgan fingerprint density at radius 2 is 2.15 bits per heavy atom. The minimum Gasteiger partial charge on any atom is -0.337 e. The van der Waals surface area contributed by atoms with E-state index in [-0.39, 0.29) is 16.6 Å². The summed E-state index contributed by atoms with van der Waals surface area (Å²) >= 11 is 0.896. The van der Waals surface area contributed by atoms with Crippen LogP contribution in [0.25, 0.3) is 0 Å². The Bertz CT molecular complexity index is 542. The summed E-state index contributed by atoms with van der Waals surface area (Å²) in [6.07, 6.45) is 0. The molecule has 6 heteroatoms. The molecule has 0 saturated heterocycles. The van der Waals surface area contributed by atoms with Gasteiger partial charge in [-0.2, -0.15) is 5.26 Å². The second-order valence-electron chi connectivity index (χ2n) is 4.88. The summed E-state index contributed by atoms with van der Waals surface area (Å²) in [6.45, 7) is 5.27. The molecule has 1 amide bonds. The lowest BCUT2D eigenvalue weighted by Crippen LogP contribution is -2.49. The fraction of sp³-hybridized carbons (Fsp3) is 0.429. The van der Waals surface area contributed by atoms with Gasteiger partial charge < -0.3 is 5.32 Å². The summed E-state index contributed by atoms with van der Waals surface area (Å²) in [5.74, 6) is -1.66. The molecule has 1 rings (SSSR count). The summed E-state index contributed by atoms with van der Waals surface area (Å²) in [6, 6.07) is 5.13. The molecular formula is C14H16F2N2OS. The second kappa shape index (κ2) is 6.71. The Balaban J connectivity index is 2.65. The summed E-state index contributed by atoms with van der Waals surface area (Å²) in [7, 11) is 0. The highest BCUT2D eigenvalue weighted by molar-refractivity contribution is 8.00. The van der Waals surface area contributed by atoms with E-state index >= 15 is 0 Å². The number of hydrogen-bond donors (Lipinski definition) is 1. The predicted molar refractivity (Wildman–Crippen MR) is 74.1 cm³/mol. The molecule has 0 radical (unpaired) electrons. The third-order valence-corrected chi connectivity index (χ3v) is 4.07. The standard InChI is InChI=1S/C14H16F2N2OS/c1-9(2)14(3,8-17)18-13(19)7-20-12-6-10(15)4-5-11(12)16/h4-6,9H,7H2,1-3H3,(H,18,19). The number of rotatable bonds is 5. The van der Waals surface area contributed by atoms with E-state index in [0.29, 0.717) is 0 Å². The molecule has 1 unspecified atom stereocenters. The molecule has 0 aliphatic rings. The van der Waals surface area contributed by atoms with Crippen molar-refractivity contribution in [2.75, 3.05) is 5.75 Å². The van der Waals surface area contributed by atoms with Crippen molar-refractivity contribution in [1.29, 1.82) is 5.26 Å². The fourth-order valence-corrected chi connectivity index (χ4v) is 2.12. The van der Waals surface area contributed by atoms with Crippen molar-refractivity contribution in [3.63, 3.8) is 0 Å². The average Bonchev–Trinajstić information content (AvgIpc) is 2.39. The molecule has 108 valence electrons. The lowest BCUT2D eigenvalue weighted by Gasteiger charge is -2.27. The van der Waals surface area contributed by atoms with E-state index in [1.165, 1.54) is 0 Å². The van der Waals surface area contributed by atoms with Crippen molar-refractivity contribution >= 4 is 17.7 Å². The smallest absolute Gasteiger partial charge is 0.231 e. The fourth-order valence-electron chi connectivity index (χ4n) is 1.36. The zero-order valence-corrected chi connectivity index (χ0v) is 12.4. The highest BCUT2D eigenvalue weighted by Crippen LogP contribution is 2.23. The van der Waals surface area contributed by atoms with Gasteiger partial charge in [0.2, 0.25) is 5.91 Å². The minimum atomic E-state index is -0.974. The lowest BCUT2D eigenvalue weighted by atomic mass is 9.90. The van der Waals surface area contributed by atoms with Crippen LogP contribution < -0.4 is 5.32 Å². The van der Waals surface area contributed by atoms with E-state index in [0.717, 1.165) is 30.0 Å². The largest absolute Gasteiger partial charge is 0.337 e. The Hall–Kier alpha value is -1.61. The van der Waals surface area contributed by atoms with Crippen LogP contribution >= 0.6 is 11.8 Å². The number of amides is 1. The van der Waals surface area contributed by atoms with E-state index in [9.17, 15) is 13.6 Å². The van der Waals surface area contributed by atoms with E-state index in [4.69, 9.17) is 5.26 Å². The van der Waals surface area contributed by atoms with Crippen LogP contribution in [-0.4, -0.2) is 17.2 Å². The van der Waals surface area contributed by atoms with Gasteiger partial charge in [-0.05, 0) is 31.0 Å². The van der Waals surface area contributed by atoms with Crippen molar-refractivity contribution in [3.8, 4) is 6.07 Å². The summed E-state index contributed by atoms with van der Waals surface area (Å²) in [5.41, 5.74) is -0.974. The maximum absolute atomic E-state index is 13.4. The Kier molecular flexibility index (Phi) is 5.52. The summed E-state index contributed by atoms with van der Waals surface area (Å²) in [4.78, 5) is 11.9. The van der Waals surface area contributed by atoms with Gasteiger partial charge in [-0.3, -0.25) is 4.79 Å². The number of nitrogens with zero attached hydrogens (tertiary/aromatic N) is 1. The highest BCUT2D eigenvalue weighted by atomic mass is 32.2. The van der Waals surface area contributed by atoms with Crippen LogP contribution in [0, 0.1) is 28.9 Å². The number of nitriles is 1. The molecule has 0 bridgehead atoms. The van der Waals surface area contributed by atoms with Crippen LogP contribution in [0.4, 0.5) is 8.78 Å². The Morgan fingerprint density at radius 3 is 2.70 bits per heavy atom. The number of thioether (sulfide) groups is 1. The molecule has 0 spiro atoms. The van der Waals surface area contributed by atoms with Gasteiger partial charge in [-0.1, -0.05) is 13.8 Å². The van der Waals surface area contributed by atoms with Crippen molar-refractivity contribution in [2.24, 2.45) is 5.92 Å². The van der Waals surface area contributed by atoms with Gasteiger partial charge in [0.25, 0.3) is 0 Å². The maximum atomic E-state index is 13.4. The van der Waals surface area contributed by atoms with Gasteiger partial charge in [0, 0.05) is 4.90 Å². The van der Waals surface area contributed by atoms with Crippen LogP contribution in [0.3, 0.4) is 0 Å². The highest BCUT2D eigenvalue weighted by Gasteiger charge is 2.29. The molecule has 0 heterocycles. The number of carbonyl (C=O) groups excluding carboxylic acids is 1. The second-order valence-corrected chi connectivity index (χ2v) is 5.90. The first-order chi connectivity index (χ1) is 9.28. The van der Waals surface area contributed by atoms with Gasteiger partial charge in [0.05, 0.1) is 11.8 Å². The summed E-state index contributed by atoms with van der Waals surface area (Å²) < 4.78 is 26.4. The summed E-state index contributed by atoms with van der Waals surface area (Å²) in [5, 5.41) is 11.7. The van der Waals surface area contributed by atoms with Crippen LogP contribution in [0.15, 0.2) is 23.1 Å². The first kappa shape index (κ1) is 16.4. The van der Waals surface area contributed by atoms with Gasteiger partial charge in [0.15, 0.2) is 0 Å². The number of halogens is 2. The molecule has 0 saturated carbocycles. The third kappa shape index (κ3) is 4.20. The molecule has 20 heavy (non-hydrogen) atoms. The predicted octanol–water partition coefficient (Wildman–Crippen LogP) is 3.11. The average molecular weight is 298 g/mol.